The van der Waals surface area contributed by atoms with E-state index in [-0.39, 0.29) is 0 Å². The number of hydrogen-bond acceptors (Lipinski definition) is 4. The Balaban J connectivity index is 3.45. The van der Waals surface area contributed by atoms with Gasteiger partial charge in [0, 0.05) is 10.7 Å². The van der Waals surface area contributed by atoms with Crippen molar-refractivity contribution in [2.75, 3.05) is 7.11 Å². The number of hydrogen-bond donors (Lipinski definition) is 0. The fraction of sp³-hybridized carbons (Fsp3) is 0.125. The summed E-state index contributed by atoms with van der Waals surface area (Å²) >= 11 is 0. The zero-order valence-corrected chi connectivity index (χ0v) is 9.40. The molecule has 0 bridgehead atoms. The molecular weight excluding hydrogens is 266 g/mol. The monoisotopic (exact) mass is 270 g/mol. The van der Waals surface area contributed by atoms with E-state index in [2.05, 4.69) is 4.74 Å². The van der Waals surface area contributed by atoms with Crippen LogP contribution in [0.4, 0.5) is 8.78 Å². The minimum absolute atomic E-state index is 0.323. The van der Waals surface area contributed by atoms with Gasteiger partial charge >= 0.3 is 5.97 Å². The van der Waals surface area contributed by atoms with Gasteiger partial charge in [-0.3, -0.25) is 0 Å². The molecule has 0 saturated carbocycles. The number of halogens is 3. The molecule has 0 aliphatic heterocycles. The SMILES string of the molecule is COC(=O)c1cc(F)c(S(=O)(=O)Cl)cc1F. The van der Waals surface area contributed by atoms with Crippen LogP contribution in [0.3, 0.4) is 0 Å². The largest absolute Gasteiger partial charge is 0.465 e. The van der Waals surface area contributed by atoms with Crippen LogP contribution in [0.1, 0.15) is 10.4 Å². The molecular formula is C8H5ClF2O4S. The number of rotatable bonds is 2. The highest BCUT2D eigenvalue weighted by atomic mass is 35.7. The zero-order valence-electron chi connectivity index (χ0n) is 7.83. The van der Waals surface area contributed by atoms with Gasteiger partial charge in [-0.2, -0.15) is 0 Å². The third-order valence-electron chi connectivity index (χ3n) is 1.69. The third kappa shape index (κ3) is 2.48. The Hall–Kier alpha value is -1.21. The number of esters is 1. The van der Waals surface area contributed by atoms with Crippen LogP contribution in [-0.4, -0.2) is 21.5 Å². The highest BCUT2D eigenvalue weighted by Gasteiger charge is 2.22. The number of carbonyl (C=O) groups is 1. The van der Waals surface area contributed by atoms with Crippen molar-refractivity contribution in [2.45, 2.75) is 4.90 Å². The minimum Gasteiger partial charge on any atom is -0.465 e. The average Bonchev–Trinajstić information content (AvgIpc) is 2.18. The summed E-state index contributed by atoms with van der Waals surface area (Å²) in [5, 5.41) is 0. The van der Waals surface area contributed by atoms with Gasteiger partial charge in [-0.15, -0.1) is 0 Å². The van der Waals surface area contributed by atoms with Crippen LogP contribution in [0.25, 0.3) is 0 Å². The molecule has 0 amide bonds. The van der Waals surface area contributed by atoms with E-state index in [0.717, 1.165) is 7.11 Å². The Bertz CT molecular complexity index is 541. The summed E-state index contributed by atoms with van der Waals surface area (Å²) in [5.41, 5.74) is -0.705. The van der Waals surface area contributed by atoms with Gasteiger partial charge in [0.25, 0.3) is 9.05 Å². The summed E-state index contributed by atoms with van der Waals surface area (Å²) in [4.78, 5) is 9.91. The maximum absolute atomic E-state index is 13.2. The zero-order chi connectivity index (χ0) is 12.5. The highest BCUT2D eigenvalue weighted by Crippen LogP contribution is 2.22. The van der Waals surface area contributed by atoms with E-state index in [9.17, 15) is 22.0 Å². The molecule has 1 rings (SSSR count). The Morgan fingerprint density at radius 1 is 1.31 bits per heavy atom. The number of carbonyl (C=O) groups excluding carboxylic acids is 1. The maximum Gasteiger partial charge on any atom is 0.340 e. The Labute approximate surface area is 94.2 Å². The van der Waals surface area contributed by atoms with Crippen LogP contribution in [0.5, 0.6) is 0 Å². The second kappa shape index (κ2) is 4.34. The first-order chi connectivity index (χ1) is 7.27. The maximum atomic E-state index is 13.2. The van der Waals surface area contributed by atoms with E-state index in [1.165, 1.54) is 0 Å². The van der Waals surface area contributed by atoms with Crippen molar-refractivity contribution >= 4 is 25.7 Å². The molecule has 0 radical (unpaired) electrons. The van der Waals surface area contributed by atoms with Gasteiger partial charge in [-0.05, 0) is 12.1 Å². The first kappa shape index (κ1) is 12.9. The van der Waals surface area contributed by atoms with Crippen molar-refractivity contribution in [1.82, 2.24) is 0 Å². The van der Waals surface area contributed by atoms with Gasteiger partial charge in [0.1, 0.15) is 16.5 Å². The Morgan fingerprint density at radius 3 is 2.31 bits per heavy atom. The van der Waals surface area contributed by atoms with E-state index in [4.69, 9.17) is 10.7 Å². The summed E-state index contributed by atoms with van der Waals surface area (Å²) in [5.74, 6) is -3.67. The molecule has 0 fully saturated rings. The minimum atomic E-state index is -4.40. The van der Waals surface area contributed by atoms with Crippen molar-refractivity contribution in [2.24, 2.45) is 0 Å². The quantitative estimate of drug-likeness (QED) is 0.606. The normalized spacial score (nSPS) is 11.2. The molecule has 0 aromatic heterocycles. The van der Waals surface area contributed by atoms with Crippen LogP contribution in [-0.2, 0) is 13.8 Å². The molecule has 0 heterocycles. The lowest BCUT2D eigenvalue weighted by Gasteiger charge is -2.04. The Kier molecular flexibility index (Phi) is 3.49. The summed E-state index contributed by atoms with van der Waals surface area (Å²) in [6, 6.07) is 0.736. The molecule has 0 N–H and O–H groups in total. The summed E-state index contributed by atoms with van der Waals surface area (Å²) in [6.45, 7) is 0. The Morgan fingerprint density at radius 2 is 1.88 bits per heavy atom. The number of methoxy groups -OCH3 is 1. The topological polar surface area (TPSA) is 60.4 Å². The molecule has 4 nitrogen and oxygen atoms in total. The molecule has 1 aromatic rings. The van der Waals surface area contributed by atoms with Crippen molar-refractivity contribution in [3.05, 3.63) is 29.3 Å². The van der Waals surface area contributed by atoms with Crippen molar-refractivity contribution in [3.63, 3.8) is 0 Å². The van der Waals surface area contributed by atoms with Crippen LogP contribution < -0.4 is 0 Å². The van der Waals surface area contributed by atoms with E-state index in [0.29, 0.717) is 12.1 Å². The van der Waals surface area contributed by atoms with Crippen LogP contribution in [0, 0.1) is 11.6 Å². The van der Waals surface area contributed by atoms with Crippen LogP contribution in [0.15, 0.2) is 17.0 Å². The van der Waals surface area contributed by atoms with Gasteiger partial charge in [0.15, 0.2) is 0 Å². The molecule has 0 atom stereocenters. The number of benzene rings is 1. The van der Waals surface area contributed by atoms with E-state index >= 15 is 0 Å². The summed E-state index contributed by atoms with van der Waals surface area (Å²) < 4.78 is 52.2. The second-order valence-corrected chi connectivity index (χ2v) is 5.23. The molecule has 0 aliphatic carbocycles. The average molecular weight is 271 g/mol. The molecule has 0 saturated heterocycles. The lowest BCUT2D eigenvalue weighted by molar-refractivity contribution is 0.0594. The van der Waals surface area contributed by atoms with Crippen LogP contribution >= 0.6 is 10.7 Å². The van der Waals surface area contributed by atoms with Gasteiger partial charge in [-0.25, -0.2) is 22.0 Å². The van der Waals surface area contributed by atoms with E-state index in [1.54, 1.807) is 0 Å². The van der Waals surface area contributed by atoms with Gasteiger partial charge < -0.3 is 4.74 Å². The molecule has 0 unspecified atom stereocenters. The molecule has 0 spiro atoms. The summed E-state index contributed by atoms with van der Waals surface area (Å²) in [7, 11) is 1.43. The van der Waals surface area contributed by atoms with Gasteiger partial charge in [0.05, 0.1) is 12.7 Å². The predicted molar refractivity (Wildman–Crippen MR) is 50.7 cm³/mol. The third-order valence-corrected chi connectivity index (χ3v) is 3.03. The molecule has 8 heteroatoms. The lowest BCUT2D eigenvalue weighted by atomic mass is 10.2. The molecule has 1 aromatic carbocycles. The standard InChI is InChI=1S/C8H5ClF2O4S/c1-15-8(12)4-2-6(11)7(3-5(4)10)16(9,13)14/h2-3H,1H3. The van der Waals surface area contributed by atoms with Crippen molar-refractivity contribution in [1.29, 1.82) is 0 Å². The van der Waals surface area contributed by atoms with E-state index < -0.39 is 37.1 Å². The smallest absolute Gasteiger partial charge is 0.340 e. The van der Waals surface area contributed by atoms with Crippen molar-refractivity contribution in [3.8, 4) is 0 Å². The summed E-state index contributed by atoms with van der Waals surface area (Å²) in [6.07, 6.45) is 0. The van der Waals surface area contributed by atoms with Gasteiger partial charge in [-0.1, -0.05) is 0 Å². The predicted octanol–water partition coefficient (Wildman–Crippen LogP) is 1.68. The molecule has 16 heavy (non-hydrogen) atoms. The first-order valence-electron chi connectivity index (χ1n) is 3.79. The number of ether oxygens (including phenoxy) is 1. The second-order valence-electron chi connectivity index (χ2n) is 2.69. The van der Waals surface area contributed by atoms with Crippen molar-refractivity contribution < 1.29 is 26.7 Å². The molecule has 0 aliphatic rings. The first-order valence-corrected chi connectivity index (χ1v) is 6.10. The van der Waals surface area contributed by atoms with Crippen LogP contribution in [0.2, 0.25) is 0 Å². The fourth-order valence-electron chi connectivity index (χ4n) is 0.982. The molecule has 88 valence electrons. The van der Waals surface area contributed by atoms with Gasteiger partial charge in [0.2, 0.25) is 0 Å². The highest BCUT2D eigenvalue weighted by molar-refractivity contribution is 8.13. The lowest BCUT2D eigenvalue weighted by Crippen LogP contribution is -2.07. The fourth-order valence-corrected chi connectivity index (χ4v) is 1.87. The van der Waals surface area contributed by atoms with E-state index in [1.807, 2.05) is 0 Å².